The van der Waals surface area contributed by atoms with E-state index < -0.39 is 17.3 Å². The molecule has 2 rings (SSSR count). The maximum absolute atomic E-state index is 13.6. The Morgan fingerprint density at radius 2 is 2.00 bits per heavy atom. The summed E-state index contributed by atoms with van der Waals surface area (Å²) in [6.07, 6.45) is 3.50. The van der Waals surface area contributed by atoms with Crippen LogP contribution in [0.5, 0.6) is 0 Å². The van der Waals surface area contributed by atoms with Crippen LogP contribution in [-0.4, -0.2) is 17.6 Å². The molecule has 1 aliphatic rings. The molecule has 1 saturated carbocycles. The zero-order valence-electron chi connectivity index (χ0n) is 12.7. The molecule has 0 aromatic heterocycles. The van der Waals surface area contributed by atoms with Crippen LogP contribution in [-0.2, 0) is 4.79 Å². The Morgan fingerprint density at radius 1 is 1.38 bits per heavy atom. The highest BCUT2D eigenvalue weighted by Crippen LogP contribution is 2.39. The van der Waals surface area contributed by atoms with Crippen LogP contribution in [0.15, 0.2) is 24.3 Å². The predicted molar refractivity (Wildman–Crippen MR) is 80.1 cm³/mol. The van der Waals surface area contributed by atoms with Crippen molar-refractivity contribution in [2.45, 2.75) is 45.6 Å². The summed E-state index contributed by atoms with van der Waals surface area (Å²) in [6, 6.07) is 6.09. The number of nitrogens with one attached hydrogen (secondary N) is 1. The summed E-state index contributed by atoms with van der Waals surface area (Å²) in [7, 11) is 0. The molecule has 1 unspecified atom stereocenters. The van der Waals surface area contributed by atoms with Gasteiger partial charge in [-0.25, -0.2) is 4.39 Å². The number of hydrogen-bond donors (Lipinski definition) is 2. The van der Waals surface area contributed by atoms with Crippen LogP contribution >= 0.6 is 0 Å². The van der Waals surface area contributed by atoms with E-state index in [-0.39, 0.29) is 18.0 Å². The molecule has 1 fully saturated rings. The first-order chi connectivity index (χ1) is 9.93. The SMILES string of the molecule is CC(C)(C(=O)NCC(O)c1ccccc1F)C1CCCC1. The maximum atomic E-state index is 13.6. The van der Waals surface area contributed by atoms with E-state index in [1.165, 1.54) is 25.0 Å². The van der Waals surface area contributed by atoms with Crippen LogP contribution < -0.4 is 5.32 Å². The molecule has 0 aliphatic heterocycles. The van der Waals surface area contributed by atoms with E-state index in [1.807, 2.05) is 13.8 Å². The Morgan fingerprint density at radius 3 is 2.62 bits per heavy atom. The van der Waals surface area contributed by atoms with E-state index in [4.69, 9.17) is 0 Å². The highest BCUT2D eigenvalue weighted by molar-refractivity contribution is 5.82. The summed E-state index contributed by atoms with van der Waals surface area (Å²) in [5, 5.41) is 12.8. The number of halogens is 1. The summed E-state index contributed by atoms with van der Waals surface area (Å²) in [6.45, 7) is 3.94. The lowest BCUT2D eigenvalue weighted by Gasteiger charge is -2.30. The summed E-state index contributed by atoms with van der Waals surface area (Å²) < 4.78 is 13.6. The molecule has 1 aliphatic carbocycles. The van der Waals surface area contributed by atoms with Gasteiger partial charge in [-0.2, -0.15) is 0 Å². The largest absolute Gasteiger partial charge is 0.386 e. The fraction of sp³-hybridized carbons (Fsp3) is 0.588. The van der Waals surface area contributed by atoms with Gasteiger partial charge >= 0.3 is 0 Å². The number of hydrogen-bond acceptors (Lipinski definition) is 2. The number of carbonyl (C=O) groups is 1. The quantitative estimate of drug-likeness (QED) is 0.876. The minimum absolute atomic E-state index is 0.0376. The average Bonchev–Trinajstić information content (AvgIpc) is 2.99. The smallest absolute Gasteiger partial charge is 0.226 e. The third-order valence-corrected chi connectivity index (χ3v) is 4.68. The molecule has 0 saturated heterocycles. The molecular weight excluding hydrogens is 269 g/mol. The molecule has 0 radical (unpaired) electrons. The lowest BCUT2D eigenvalue weighted by molar-refractivity contribution is -0.132. The molecule has 3 nitrogen and oxygen atoms in total. The lowest BCUT2D eigenvalue weighted by atomic mass is 9.77. The number of aliphatic hydroxyl groups is 1. The maximum Gasteiger partial charge on any atom is 0.226 e. The monoisotopic (exact) mass is 293 g/mol. The molecule has 21 heavy (non-hydrogen) atoms. The predicted octanol–water partition coefficient (Wildman–Crippen LogP) is 3.19. The first-order valence-electron chi connectivity index (χ1n) is 7.63. The van der Waals surface area contributed by atoms with Gasteiger partial charge in [-0.1, -0.05) is 44.9 Å². The van der Waals surface area contributed by atoms with Crippen LogP contribution in [0.25, 0.3) is 0 Å². The van der Waals surface area contributed by atoms with Crippen molar-refractivity contribution in [2.24, 2.45) is 11.3 Å². The summed E-state index contributed by atoms with van der Waals surface area (Å²) in [5.74, 6) is -0.123. The summed E-state index contributed by atoms with van der Waals surface area (Å²) in [5.41, 5.74) is -0.220. The van der Waals surface area contributed by atoms with Crippen LogP contribution in [0.1, 0.15) is 51.2 Å². The second kappa shape index (κ2) is 6.56. The van der Waals surface area contributed by atoms with E-state index >= 15 is 0 Å². The van der Waals surface area contributed by atoms with Crippen molar-refractivity contribution in [2.75, 3.05) is 6.54 Å². The molecule has 1 atom stereocenters. The Hall–Kier alpha value is -1.42. The van der Waals surface area contributed by atoms with Crippen LogP contribution in [0.2, 0.25) is 0 Å². The highest BCUT2D eigenvalue weighted by Gasteiger charge is 2.38. The molecule has 116 valence electrons. The Labute approximate surface area is 125 Å². The third-order valence-electron chi connectivity index (χ3n) is 4.68. The first kappa shape index (κ1) is 16.0. The average molecular weight is 293 g/mol. The number of aliphatic hydroxyl groups excluding tert-OH is 1. The topological polar surface area (TPSA) is 49.3 Å². The molecular formula is C17H24FNO2. The van der Waals surface area contributed by atoms with Gasteiger partial charge in [-0.3, -0.25) is 4.79 Å². The van der Waals surface area contributed by atoms with Crippen molar-refractivity contribution in [1.82, 2.24) is 5.32 Å². The zero-order valence-corrected chi connectivity index (χ0v) is 12.7. The Kier molecular flexibility index (Phi) is 4.99. The third kappa shape index (κ3) is 3.62. The molecule has 1 aromatic carbocycles. The van der Waals surface area contributed by atoms with Crippen molar-refractivity contribution >= 4 is 5.91 Å². The molecule has 1 amide bonds. The van der Waals surface area contributed by atoms with Crippen molar-refractivity contribution < 1.29 is 14.3 Å². The molecule has 0 bridgehead atoms. The fourth-order valence-electron chi connectivity index (χ4n) is 3.11. The minimum atomic E-state index is -1.02. The van der Waals surface area contributed by atoms with Gasteiger partial charge in [0.1, 0.15) is 5.82 Å². The van der Waals surface area contributed by atoms with E-state index in [0.29, 0.717) is 5.92 Å². The molecule has 2 N–H and O–H groups in total. The van der Waals surface area contributed by atoms with Gasteiger partial charge in [0.25, 0.3) is 0 Å². The van der Waals surface area contributed by atoms with E-state index in [1.54, 1.807) is 12.1 Å². The molecule has 4 heteroatoms. The second-order valence-electron chi connectivity index (χ2n) is 6.45. The van der Waals surface area contributed by atoms with Crippen molar-refractivity contribution in [3.63, 3.8) is 0 Å². The van der Waals surface area contributed by atoms with E-state index in [2.05, 4.69) is 5.32 Å². The van der Waals surface area contributed by atoms with Crippen LogP contribution in [0, 0.1) is 17.2 Å². The van der Waals surface area contributed by atoms with Crippen molar-refractivity contribution in [3.05, 3.63) is 35.6 Å². The summed E-state index contributed by atoms with van der Waals surface area (Å²) >= 11 is 0. The minimum Gasteiger partial charge on any atom is -0.386 e. The fourth-order valence-corrected chi connectivity index (χ4v) is 3.11. The molecule has 0 heterocycles. The molecule has 1 aromatic rings. The second-order valence-corrected chi connectivity index (χ2v) is 6.45. The van der Waals surface area contributed by atoms with Gasteiger partial charge < -0.3 is 10.4 Å². The zero-order chi connectivity index (χ0) is 15.5. The van der Waals surface area contributed by atoms with Crippen LogP contribution in [0.4, 0.5) is 4.39 Å². The normalized spacial score (nSPS) is 17.7. The van der Waals surface area contributed by atoms with E-state index in [0.717, 1.165) is 12.8 Å². The van der Waals surface area contributed by atoms with Gasteiger partial charge in [0.2, 0.25) is 5.91 Å². The number of rotatable bonds is 5. The summed E-state index contributed by atoms with van der Waals surface area (Å²) in [4.78, 5) is 12.4. The number of carbonyl (C=O) groups excluding carboxylic acids is 1. The number of benzene rings is 1. The van der Waals surface area contributed by atoms with Gasteiger partial charge in [0.15, 0.2) is 0 Å². The number of amides is 1. The Bertz CT molecular complexity index is 495. The van der Waals surface area contributed by atoms with Gasteiger partial charge in [-0.05, 0) is 24.8 Å². The Balaban J connectivity index is 1.93. The first-order valence-corrected chi connectivity index (χ1v) is 7.63. The van der Waals surface area contributed by atoms with Crippen molar-refractivity contribution in [3.8, 4) is 0 Å². The van der Waals surface area contributed by atoms with Crippen molar-refractivity contribution in [1.29, 1.82) is 0 Å². The van der Waals surface area contributed by atoms with Crippen LogP contribution in [0.3, 0.4) is 0 Å². The van der Waals surface area contributed by atoms with Gasteiger partial charge in [-0.15, -0.1) is 0 Å². The molecule has 0 spiro atoms. The van der Waals surface area contributed by atoms with Gasteiger partial charge in [0.05, 0.1) is 6.10 Å². The standard InChI is InChI=1S/C17H24FNO2/c1-17(2,12-7-3-4-8-12)16(21)19-11-15(20)13-9-5-6-10-14(13)18/h5-6,9-10,12,15,20H,3-4,7-8,11H2,1-2H3,(H,19,21). The highest BCUT2D eigenvalue weighted by atomic mass is 19.1. The van der Waals surface area contributed by atoms with Gasteiger partial charge in [0, 0.05) is 17.5 Å². The lowest BCUT2D eigenvalue weighted by Crippen LogP contribution is -2.42. The van der Waals surface area contributed by atoms with E-state index in [9.17, 15) is 14.3 Å².